The molecule has 2 aromatic carbocycles. The van der Waals surface area contributed by atoms with Gasteiger partial charge in [-0.15, -0.1) is 0 Å². The molecular weight excluding hydrogens is 420 g/mol. The Morgan fingerprint density at radius 1 is 1.14 bits per heavy atom. The molecule has 112 valence electrons. The number of hydrogen-bond donors (Lipinski definition) is 1. The molecule has 2 aromatic rings. The second-order valence-corrected chi connectivity index (χ2v) is 6.90. The van der Waals surface area contributed by atoms with Crippen molar-refractivity contribution >= 4 is 43.5 Å². The molecule has 0 saturated carbocycles. The van der Waals surface area contributed by atoms with Crippen LogP contribution in [0.15, 0.2) is 45.3 Å². The lowest BCUT2D eigenvalue weighted by Crippen LogP contribution is -2.24. The van der Waals surface area contributed by atoms with Crippen molar-refractivity contribution in [3.05, 3.63) is 67.3 Å². The van der Waals surface area contributed by atoms with Crippen LogP contribution in [0.1, 0.15) is 30.5 Å². The molecule has 0 spiro atoms. The molecule has 1 nitrogen and oxygen atoms in total. The van der Waals surface area contributed by atoms with Gasteiger partial charge in [0.1, 0.15) is 5.82 Å². The first-order chi connectivity index (χ1) is 10.0. The summed E-state index contributed by atoms with van der Waals surface area (Å²) in [5.74, 6) is -0.288. The fourth-order valence-electron chi connectivity index (χ4n) is 2.15. The Hall–Kier alpha value is -0.420. The average molecular weight is 436 g/mol. The Balaban J connectivity index is 2.52. The first-order valence-corrected chi connectivity index (χ1v) is 8.62. The van der Waals surface area contributed by atoms with Gasteiger partial charge in [-0.25, -0.2) is 4.39 Å². The smallest absolute Gasteiger partial charge is 0.123 e. The van der Waals surface area contributed by atoms with Crippen LogP contribution in [-0.4, -0.2) is 6.54 Å². The predicted molar refractivity (Wildman–Crippen MR) is 93.4 cm³/mol. The largest absolute Gasteiger partial charge is 0.306 e. The lowest BCUT2D eigenvalue weighted by Gasteiger charge is -2.22. The predicted octanol–water partition coefficient (Wildman–Crippen LogP) is 6.09. The Morgan fingerprint density at radius 2 is 1.90 bits per heavy atom. The molecule has 0 amide bonds. The van der Waals surface area contributed by atoms with E-state index in [0.29, 0.717) is 5.02 Å². The van der Waals surface area contributed by atoms with Crippen molar-refractivity contribution in [2.45, 2.75) is 19.4 Å². The van der Waals surface area contributed by atoms with Crippen molar-refractivity contribution in [1.29, 1.82) is 0 Å². The molecule has 21 heavy (non-hydrogen) atoms. The van der Waals surface area contributed by atoms with Gasteiger partial charge in [0.25, 0.3) is 0 Å². The van der Waals surface area contributed by atoms with Crippen LogP contribution in [0.25, 0.3) is 0 Å². The number of hydrogen-bond acceptors (Lipinski definition) is 1. The summed E-state index contributed by atoms with van der Waals surface area (Å²) < 4.78 is 15.5. The lowest BCUT2D eigenvalue weighted by molar-refractivity contribution is 0.584. The Kier molecular flexibility index (Phi) is 6.23. The summed E-state index contributed by atoms with van der Waals surface area (Å²) in [6.07, 6.45) is 0.981. The molecule has 0 radical (unpaired) electrons. The Morgan fingerprint density at radius 3 is 2.62 bits per heavy atom. The van der Waals surface area contributed by atoms with Crippen LogP contribution < -0.4 is 5.32 Å². The maximum absolute atomic E-state index is 13.6. The summed E-state index contributed by atoms with van der Waals surface area (Å²) in [4.78, 5) is 0. The molecule has 1 N–H and O–H groups in total. The zero-order valence-corrected chi connectivity index (χ0v) is 15.4. The van der Waals surface area contributed by atoms with Gasteiger partial charge >= 0.3 is 0 Å². The number of rotatable bonds is 5. The molecule has 2 rings (SSSR count). The highest BCUT2D eigenvalue weighted by atomic mass is 79.9. The third-order valence-corrected chi connectivity index (χ3v) is 4.70. The molecule has 1 atom stereocenters. The van der Waals surface area contributed by atoms with Crippen molar-refractivity contribution in [2.24, 2.45) is 0 Å². The fourth-order valence-corrected chi connectivity index (χ4v) is 3.23. The summed E-state index contributed by atoms with van der Waals surface area (Å²) in [6.45, 7) is 2.91. The van der Waals surface area contributed by atoms with Crippen molar-refractivity contribution in [3.63, 3.8) is 0 Å². The zero-order chi connectivity index (χ0) is 15.4. The van der Waals surface area contributed by atoms with Crippen LogP contribution in [0, 0.1) is 5.82 Å². The quantitative estimate of drug-likeness (QED) is 0.599. The van der Waals surface area contributed by atoms with Crippen LogP contribution in [0.5, 0.6) is 0 Å². The van der Waals surface area contributed by atoms with E-state index in [0.717, 1.165) is 33.0 Å². The van der Waals surface area contributed by atoms with Gasteiger partial charge in [0.15, 0.2) is 0 Å². The SMILES string of the molecule is CCCNC(c1cc(F)ccc1Cl)c1cc(Br)ccc1Br. The molecule has 1 unspecified atom stereocenters. The molecule has 0 aliphatic carbocycles. The van der Waals surface area contributed by atoms with Gasteiger partial charge in [-0.3, -0.25) is 0 Å². The van der Waals surface area contributed by atoms with Crippen molar-refractivity contribution in [2.75, 3.05) is 6.54 Å². The summed E-state index contributed by atoms with van der Waals surface area (Å²) in [6, 6.07) is 10.2. The van der Waals surface area contributed by atoms with Crippen LogP contribution in [-0.2, 0) is 0 Å². The summed E-state index contributed by atoms with van der Waals surface area (Å²) in [5, 5.41) is 3.99. The van der Waals surface area contributed by atoms with E-state index >= 15 is 0 Å². The normalized spacial score (nSPS) is 12.4. The number of halogens is 4. The van der Waals surface area contributed by atoms with E-state index in [-0.39, 0.29) is 11.9 Å². The molecule has 0 bridgehead atoms. The van der Waals surface area contributed by atoms with Gasteiger partial charge < -0.3 is 5.32 Å². The van der Waals surface area contributed by atoms with Crippen molar-refractivity contribution < 1.29 is 4.39 Å². The van der Waals surface area contributed by atoms with Crippen molar-refractivity contribution in [1.82, 2.24) is 5.32 Å². The van der Waals surface area contributed by atoms with Crippen LogP contribution >= 0.6 is 43.5 Å². The molecule has 0 aliphatic rings. The average Bonchev–Trinajstić information content (AvgIpc) is 2.46. The molecule has 0 heterocycles. The van der Waals surface area contributed by atoms with Gasteiger partial charge in [0.05, 0.1) is 6.04 Å². The van der Waals surface area contributed by atoms with Gasteiger partial charge in [-0.2, -0.15) is 0 Å². The van der Waals surface area contributed by atoms with E-state index in [2.05, 4.69) is 44.1 Å². The molecule has 0 aliphatic heterocycles. The summed E-state index contributed by atoms with van der Waals surface area (Å²) in [7, 11) is 0. The molecule has 0 fully saturated rings. The van der Waals surface area contributed by atoms with E-state index < -0.39 is 0 Å². The van der Waals surface area contributed by atoms with E-state index in [1.165, 1.54) is 12.1 Å². The Labute approximate surface area is 146 Å². The maximum atomic E-state index is 13.6. The van der Waals surface area contributed by atoms with Gasteiger partial charge in [0.2, 0.25) is 0 Å². The minimum atomic E-state index is -0.288. The van der Waals surface area contributed by atoms with Gasteiger partial charge in [-0.05, 0) is 60.5 Å². The highest BCUT2D eigenvalue weighted by Gasteiger charge is 2.19. The molecule has 0 aromatic heterocycles. The zero-order valence-electron chi connectivity index (χ0n) is 11.5. The lowest BCUT2D eigenvalue weighted by atomic mass is 9.98. The third kappa shape index (κ3) is 4.28. The first kappa shape index (κ1) is 16.9. The number of nitrogens with one attached hydrogen (secondary N) is 1. The van der Waals surface area contributed by atoms with E-state index in [4.69, 9.17) is 11.6 Å². The van der Waals surface area contributed by atoms with E-state index in [9.17, 15) is 4.39 Å². The van der Waals surface area contributed by atoms with Crippen molar-refractivity contribution in [3.8, 4) is 0 Å². The minimum Gasteiger partial charge on any atom is -0.306 e. The highest BCUT2D eigenvalue weighted by molar-refractivity contribution is 9.11. The van der Waals surface area contributed by atoms with Gasteiger partial charge in [-0.1, -0.05) is 50.4 Å². The molecular formula is C16H15Br2ClFN. The van der Waals surface area contributed by atoms with E-state index in [1.807, 2.05) is 18.2 Å². The molecule has 0 saturated heterocycles. The van der Waals surface area contributed by atoms with Crippen LogP contribution in [0.3, 0.4) is 0 Å². The summed E-state index contributed by atoms with van der Waals surface area (Å²) >= 11 is 13.3. The van der Waals surface area contributed by atoms with Crippen LogP contribution in [0.2, 0.25) is 5.02 Å². The minimum absolute atomic E-state index is 0.167. The highest BCUT2D eigenvalue weighted by Crippen LogP contribution is 2.34. The fraction of sp³-hybridized carbons (Fsp3) is 0.250. The standard InChI is InChI=1S/C16H15Br2ClFN/c1-2-7-21-16(12-8-10(17)3-5-14(12)18)13-9-11(20)4-6-15(13)19/h3-6,8-9,16,21H,2,7H2,1H3. The second-order valence-electron chi connectivity index (χ2n) is 4.72. The summed E-state index contributed by atoms with van der Waals surface area (Å²) in [5.41, 5.74) is 1.76. The first-order valence-electron chi connectivity index (χ1n) is 6.66. The third-order valence-electron chi connectivity index (χ3n) is 3.14. The number of benzene rings is 2. The van der Waals surface area contributed by atoms with Gasteiger partial charge in [0, 0.05) is 14.0 Å². The maximum Gasteiger partial charge on any atom is 0.123 e. The molecule has 5 heteroatoms. The van der Waals surface area contributed by atoms with Crippen LogP contribution in [0.4, 0.5) is 4.39 Å². The second kappa shape index (κ2) is 7.73. The monoisotopic (exact) mass is 433 g/mol. The topological polar surface area (TPSA) is 12.0 Å². The van der Waals surface area contributed by atoms with E-state index in [1.54, 1.807) is 6.07 Å². The Bertz CT molecular complexity index is 582.